The maximum absolute atomic E-state index is 4.14. The van der Waals surface area contributed by atoms with Crippen molar-refractivity contribution in [2.45, 2.75) is 19.9 Å². The van der Waals surface area contributed by atoms with Crippen molar-refractivity contribution in [2.24, 2.45) is 0 Å². The fourth-order valence-corrected chi connectivity index (χ4v) is 0.716. The second-order valence-electron chi connectivity index (χ2n) is 2.70. The van der Waals surface area contributed by atoms with Crippen LogP contribution in [0.2, 0.25) is 0 Å². The Hall–Kier alpha value is -1.29. The fourth-order valence-electron chi connectivity index (χ4n) is 0.716. The third kappa shape index (κ3) is 2.86. The molecule has 0 saturated carbocycles. The second-order valence-corrected chi connectivity index (χ2v) is 2.70. The third-order valence-corrected chi connectivity index (χ3v) is 1.23. The summed E-state index contributed by atoms with van der Waals surface area (Å²) in [7, 11) is 0. The van der Waals surface area contributed by atoms with Gasteiger partial charge in [0.2, 0.25) is 0 Å². The minimum Gasteiger partial charge on any atom is -0.0754 e. The van der Waals surface area contributed by atoms with E-state index < -0.39 is 0 Å². The molecule has 0 heterocycles. The molecule has 0 fully saturated rings. The van der Waals surface area contributed by atoms with Crippen LogP contribution in [-0.2, 0) is 0 Å². The first-order chi connectivity index (χ1) is 5.29. The number of hydrogen-bond donors (Lipinski definition) is 0. The van der Waals surface area contributed by atoms with Crippen LogP contribution in [0, 0.1) is 6.07 Å². The van der Waals surface area contributed by atoms with Crippen molar-refractivity contribution in [2.75, 3.05) is 0 Å². The summed E-state index contributed by atoms with van der Waals surface area (Å²) in [6.07, 6.45) is 0. The summed E-state index contributed by atoms with van der Waals surface area (Å²) < 4.78 is 0. The molecule has 1 rings (SSSR count). The van der Waals surface area contributed by atoms with E-state index in [2.05, 4.69) is 10.9 Å². The largest absolute Gasteiger partial charge is 0.311 e. The molecule has 0 atom stereocenters. The van der Waals surface area contributed by atoms with Gasteiger partial charge in [-0.3, -0.25) is 0 Å². The zero-order valence-corrected chi connectivity index (χ0v) is 6.91. The molecular formula is C10H12N+. The summed E-state index contributed by atoms with van der Waals surface area (Å²) in [4.78, 5) is 4.14. The van der Waals surface area contributed by atoms with Crippen molar-refractivity contribution in [3.63, 3.8) is 0 Å². The third-order valence-electron chi connectivity index (χ3n) is 1.23. The van der Waals surface area contributed by atoms with Crippen molar-refractivity contribution in [3.05, 3.63) is 40.7 Å². The molecule has 1 aromatic rings. The van der Waals surface area contributed by atoms with Crippen molar-refractivity contribution < 1.29 is 0 Å². The van der Waals surface area contributed by atoms with Crippen LogP contribution in [0.1, 0.15) is 19.4 Å². The van der Waals surface area contributed by atoms with Crippen molar-refractivity contribution in [1.29, 1.82) is 0 Å². The van der Waals surface area contributed by atoms with E-state index in [1.165, 1.54) is 0 Å². The Labute approximate surface area is 67.5 Å². The molecule has 0 aromatic heterocycles. The van der Waals surface area contributed by atoms with Gasteiger partial charge in [-0.05, 0) is 12.1 Å². The van der Waals surface area contributed by atoms with Crippen LogP contribution in [-0.4, -0.2) is 6.04 Å². The number of hydrogen-bond acceptors (Lipinski definition) is 0. The monoisotopic (exact) mass is 146 g/mol. The van der Waals surface area contributed by atoms with Gasteiger partial charge in [0.05, 0.1) is 0 Å². The number of rotatable bonds is 0. The average molecular weight is 146 g/mol. The average Bonchev–Trinajstić information content (AvgIpc) is 2.03. The lowest BCUT2D eigenvalue weighted by Gasteiger charge is -1.79. The molecule has 0 unspecified atom stereocenters. The standard InChI is InChI=1S/C10H12N/c1-9(2)11-8-10-6-4-3-5-7-10/h3-7,9H,1-2H3/q+1. The van der Waals surface area contributed by atoms with Gasteiger partial charge >= 0.3 is 6.07 Å². The lowest BCUT2D eigenvalue weighted by molar-refractivity contribution is 0.977. The predicted octanol–water partition coefficient (Wildman–Crippen LogP) is 2.78. The highest BCUT2D eigenvalue weighted by Gasteiger charge is 1.97. The lowest BCUT2D eigenvalue weighted by Crippen LogP contribution is -1.81. The van der Waals surface area contributed by atoms with E-state index in [1.807, 2.05) is 44.2 Å². The van der Waals surface area contributed by atoms with E-state index in [4.69, 9.17) is 0 Å². The maximum Gasteiger partial charge on any atom is 0.311 e. The molecule has 1 aromatic carbocycles. The summed E-state index contributed by atoms with van der Waals surface area (Å²) in [6, 6.07) is 13.2. The summed E-state index contributed by atoms with van der Waals surface area (Å²) in [5.41, 5.74) is 1.04. The summed E-state index contributed by atoms with van der Waals surface area (Å²) in [5, 5.41) is 0. The van der Waals surface area contributed by atoms with Gasteiger partial charge in [0.15, 0.2) is 0 Å². The van der Waals surface area contributed by atoms with Crippen LogP contribution in [0.3, 0.4) is 0 Å². The van der Waals surface area contributed by atoms with Crippen LogP contribution in [0.15, 0.2) is 30.3 Å². The molecule has 0 N–H and O–H groups in total. The molecule has 0 radical (unpaired) electrons. The lowest BCUT2D eigenvalue weighted by atomic mass is 10.2. The van der Waals surface area contributed by atoms with E-state index in [1.54, 1.807) is 0 Å². The first kappa shape index (κ1) is 7.81. The maximum atomic E-state index is 4.14. The first-order valence-corrected chi connectivity index (χ1v) is 3.80. The van der Waals surface area contributed by atoms with Crippen LogP contribution in [0.4, 0.5) is 0 Å². The Morgan fingerprint density at radius 1 is 1.18 bits per heavy atom. The molecule has 1 heteroatoms. The Bertz CT molecular complexity index is 264. The van der Waals surface area contributed by atoms with E-state index in [0.29, 0.717) is 6.04 Å². The van der Waals surface area contributed by atoms with Crippen LogP contribution < -0.4 is 0 Å². The van der Waals surface area contributed by atoms with Crippen LogP contribution >= 0.6 is 0 Å². The van der Waals surface area contributed by atoms with Gasteiger partial charge in [0.25, 0.3) is 6.04 Å². The van der Waals surface area contributed by atoms with E-state index in [0.717, 1.165) is 5.56 Å². The van der Waals surface area contributed by atoms with Gasteiger partial charge in [0.1, 0.15) is 5.56 Å². The number of nitrogens with zero attached hydrogens (tertiary/aromatic N) is 1. The Balaban J connectivity index is 2.75. The highest BCUT2D eigenvalue weighted by atomic mass is 14.7. The quantitative estimate of drug-likeness (QED) is 0.530. The van der Waals surface area contributed by atoms with E-state index in [-0.39, 0.29) is 0 Å². The first-order valence-electron chi connectivity index (χ1n) is 3.80. The SMILES string of the molecule is CC(C)[N+]#Cc1ccccc1. The zero-order chi connectivity index (χ0) is 8.10. The smallest absolute Gasteiger partial charge is 0.0754 e. The Kier molecular flexibility index (Phi) is 2.68. The minimum atomic E-state index is 0.329. The fraction of sp³-hybridized carbons (Fsp3) is 0.300. The van der Waals surface area contributed by atoms with Gasteiger partial charge in [-0.2, -0.15) is 0 Å². The molecular weight excluding hydrogens is 134 g/mol. The molecule has 0 saturated heterocycles. The molecule has 0 aliphatic rings. The Morgan fingerprint density at radius 3 is 2.36 bits per heavy atom. The second kappa shape index (κ2) is 3.78. The van der Waals surface area contributed by atoms with E-state index in [9.17, 15) is 0 Å². The van der Waals surface area contributed by atoms with Crippen LogP contribution in [0.5, 0.6) is 0 Å². The highest BCUT2D eigenvalue weighted by molar-refractivity contribution is 5.30. The highest BCUT2D eigenvalue weighted by Crippen LogP contribution is 1.96. The van der Waals surface area contributed by atoms with E-state index >= 15 is 0 Å². The molecule has 0 spiro atoms. The van der Waals surface area contributed by atoms with Crippen molar-refractivity contribution in [3.8, 4) is 6.07 Å². The molecule has 0 amide bonds. The number of benzene rings is 1. The van der Waals surface area contributed by atoms with Gasteiger partial charge in [-0.25, -0.2) is 0 Å². The van der Waals surface area contributed by atoms with Crippen LogP contribution in [0.25, 0.3) is 4.85 Å². The van der Waals surface area contributed by atoms with Crippen molar-refractivity contribution >= 4 is 0 Å². The zero-order valence-electron chi connectivity index (χ0n) is 6.91. The van der Waals surface area contributed by atoms with Gasteiger partial charge in [0, 0.05) is 13.8 Å². The predicted molar refractivity (Wildman–Crippen MR) is 47.9 cm³/mol. The molecule has 11 heavy (non-hydrogen) atoms. The molecule has 1 nitrogen and oxygen atoms in total. The molecule has 0 aliphatic carbocycles. The normalized spacial score (nSPS) is 9.00. The molecule has 56 valence electrons. The summed E-state index contributed by atoms with van der Waals surface area (Å²) in [5.74, 6) is 0. The van der Waals surface area contributed by atoms with Gasteiger partial charge in [-0.1, -0.05) is 23.0 Å². The topological polar surface area (TPSA) is 4.36 Å². The Morgan fingerprint density at radius 2 is 1.82 bits per heavy atom. The summed E-state index contributed by atoms with van der Waals surface area (Å²) >= 11 is 0. The van der Waals surface area contributed by atoms with Gasteiger partial charge < -0.3 is 0 Å². The summed E-state index contributed by atoms with van der Waals surface area (Å²) in [6.45, 7) is 4.08. The molecule has 0 bridgehead atoms. The molecule has 0 aliphatic heterocycles. The van der Waals surface area contributed by atoms with Crippen molar-refractivity contribution in [1.82, 2.24) is 0 Å². The minimum absolute atomic E-state index is 0.329. The van der Waals surface area contributed by atoms with Gasteiger partial charge in [-0.15, -0.1) is 0 Å².